The molecular weight excluding hydrogens is 193 g/mol. The highest BCUT2D eigenvalue weighted by atomic mass is 31.1. The monoisotopic (exact) mass is 215 g/mol. The zero-order valence-electron chi connectivity index (χ0n) is 9.95. The molecule has 0 aliphatic heterocycles. The Bertz CT molecular complexity index is 178. The van der Waals surface area contributed by atoms with Gasteiger partial charge in [-0.05, 0) is 18.5 Å². The molecule has 0 aromatic heterocycles. The number of nitriles is 1. The highest BCUT2D eigenvalue weighted by Gasteiger charge is 2.24. The van der Waals surface area contributed by atoms with Crippen LogP contribution in [0.3, 0.4) is 0 Å². The van der Waals surface area contributed by atoms with Crippen LogP contribution in [-0.4, -0.2) is 18.9 Å². The summed E-state index contributed by atoms with van der Waals surface area (Å²) in [6.45, 7) is 11.8. The van der Waals surface area contributed by atoms with Crippen molar-refractivity contribution in [2.45, 2.75) is 39.8 Å². The van der Waals surface area contributed by atoms with Crippen molar-refractivity contribution in [1.82, 2.24) is 0 Å². The van der Waals surface area contributed by atoms with Crippen molar-refractivity contribution < 1.29 is 4.52 Å². The van der Waals surface area contributed by atoms with Crippen molar-refractivity contribution in [2.75, 3.05) is 13.3 Å². The minimum absolute atomic E-state index is 0.386. The first-order valence-electron chi connectivity index (χ1n) is 5.23. The van der Waals surface area contributed by atoms with E-state index in [1.165, 1.54) is 0 Å². The van der Waals surface area contributed by atoms with Crippen LogP contribution >= 0.6 is 8.15 Å². The highest BCUT2D eigenvalue weighted by molar-refractivity contribution is 7.52. The van der Waals surface area contributed by atoms with E-state index >= 15 is 0 Å². The molecule has 0 amide bonds. The number of hydrogen-bond donors (Lipinski definition) is 0. The molecule has 0 radical (unpaired) electrons. The molecule has 0 aliphatic rings. The molecule has 0 fully saturated rings. The van der Waals surface area contributed by atoms with E-state index < -0.39 is 0 Å². The molecule has 0 saturated heterocycles. The number of rotatable bonds is 6. The van der Waals surface area contributed by atoms with Gasteiger partial charge in [0.05, 0.1) is 19.1 Å². The van der Waals surface area contributed by atoms with E-state index in [1.54, 1.807) is 0 Å². The summed E-state index contributed by atoms with van der Waals surface area (Å²) >= 11 is 0. The molecular formula is C11H22NOP. The summed E-state index contributed by atoms with van der Waals surface area (Å²) < 4.78 is 5.71. The van der Waals surface area contributed by atoms with Gasteiger partial charge in [0.2, 0.25) is 0 Å². The molecule has 0 aromatic rings. The van der Waals surface area contributed by atoms with Crippen molar-refractivity contribution in [3.63, 3.8) is 0 Å². The van der Waals surface area contributed by atoms with Gasteiger partial charge in [-0.3, -0.25) is 0 Å². The first kappa shape index (κ1) is 13.9. The van der Waals surface area contributed by atoms with Crippen LogP contribution in [0.2, 0.25) is 0 Å². The van der Waals surface area contributed by atoms with Crippen LogP contribution in [0.4, 0.5) is 0 Å². The summed E-state index contributed by atoms with van der Waals surface area (Å²) in [4.78, 5) is 0. The second-order valence-corrected chi connectivity index (χ2v) is 6.21. The first-order valence-corrected chi connectivity index (χ1v) is 7.01. The first-order chi connectivity index (χ1) is 6.50. The van der Waals surface area contributed by atoms with Crippen molar-refractivity contribution in [3.05, 3.63) is 0 Å². The molecule has 2 nitrogen and oxygen atoms in total. The van der Waals surface area contributed by atoms with E-state index in [0.717, 1.165) is 0 Å². The van der Waals surface area contributed by atoms with Crippen molar-refractivity contribution >= 4 is 8.15 Å². The molecule has 0 spiro atoms. The number of nitrogens with zero attached hydrogens (tertiary/aromatic N) is 1. The van der Waals surface area contributed by atoms with Crippen LogP contribution in [0, 0.1) is 23.2 Å². The Morgan fingerprint density at radius 2 is 1.71 bits per heavy atom. The van der Waals surface area contributed by atoms with Crippen LogP contribution in [0.15, 0.2) is 0 Å². The molecule has 0 bridgehead atoms. The molecule has 0 saturated carbocycles. The number of hydrogen-bond acceptors (Lipinski definition) is 2. The van der Waals surface area contributed by atoms with Gasteiger partial charge in [0, 0.05) is 13.8 Å². The summed E-state index contributed by atoms with van der Waals surface area (Å²) in [5, 5.41) is 8.41. The highest BCUT2D eigenvalue weighted by Crippen LogP contribution is 2.45. The fourth-order valence-corrected chi connectivity index (χ4v) is 4.16. The van der Waals surface area contributed by atoms with E-state index in [-0.39, 0.29) is 8.15 Å². The standard InChI is InChI=1S/C11H22NOP/c1-9(2)11(10(3)4)14(5)13-8-6-7-12/h9-11H,6,8H2,1-5H3. The Kier molecular flexibility index (Phi) is 7.15. The van der Waals surface area contributed by atoms with Gasteiger partial charge >= 0.3 is 0 Å². The normalized spacial score (nSPS) is 13.6. The zero-order chi connectivity index (χ0) is 11.1. The van der Waals surface area contributed by atoms with Gasteiger partial charge in [-0.25, -0.2) is 0 Å². The molecule has 14 heavy (non-hydrogen) atoms. The van der Waals surface area contributed by atoms with E-state index in [1.807, 2.05) is 0 Å². The minimum Gasteiger partial charge on any atom is -0.358 e. The van der Waals surface area contributed by atoms with Crippen LogP contribution in [0.1, 0.15) is 34.1 Å². The molecule has 1 unspecified atom stereocenters. The van der Waals surface area contributed by atoms with Crippen LogP contribution in [-0.2, 0) is 4.52 Å². The summed E-state index contributed by atoms with van der Waals surface area (Å²) in [5.74, 6) is 1.32. The van der Waals surface area contributed by atoms with Gasteiger partial charge in [-0.1, -0.05) is 27.7 Å². The quantitative estimate of drug-likeness (QED) is 0.500. The van der Waals surface area contributed by atoms with Crippen molar-refractivity contribution in [2.24, 2.45) is 11.8 Å². The summed E-state index contributed by atoms with van der Waals surface area (Å²) in [5.41, 5.74) is 0.642. The summed E-state index contributed by atoms with van der Waals surface area (Å²) in [6.07, 6.45) is 0.510. The van der Waals surface area contributed by atoms with Gasteiger partial charge in [-0.2, -0.15) is 5.26 Å². The third-order valence-corrected chi connectivity index (χ3v) is 4.92. The average molecular weight is 215 g/mol. The third-order valence-electron chi connectivity index (χ3n) is 2.29. The molecule has 3 heteroatoms. The lowest BCUT2D eigenvalue weighted by molar-refractivity contribution is 0.340. The fraction of sp³-hybridized carbons (Fsp3) is 0.909. The van der Waals surface area contributed by atoms with Crippen LogP contribution in [0.25, 0.3) is 0 Å². The van der Waals surface area contributed by atoms with Gasteiger partial charge in [-0.15, -0.1) is 0 Å². The topological polar surface area (TPSA) is 33.0 Å². The Labute approximate surface area is 89.5 Å². The second kappa shape index (κ2) is 7.21. The van der Waals surface area contributed by atoms with E-state index in [0.29, 0.717) is 30.5 Å². The Morgan fingerprint density at radius 1 is 1.21 bits per heavy atom. The second-order valence-electron chi connectivity index (χ2n) is 4.27. The fourth-order valence-electron chi connectivity index (χ4n) is 1.93. The SMILES string of the molecule is CC(C)C(C(C)C)P(C)OCCC#N. The largest absolute Gasteiger partial charge is 0.358 e. The van der Waals surface area contributed by atoms with E-state index in [2.05, 4.69) is 40.4 Å². The minimum atomic E-state index is -0.386. The van der Waals surface area contributed by atoms with Crippen molar-refractivity contribution in [1.29, 1.82) is 5.26 Å². The van der Waals surface area contributed by atoms with Gasteiger partial charge < -0.3 is 4.52 Å². The third kappa shape index (κ3) is 4.94. The van der Waals surface area contributed by atoms with E-state index in [4.69, 9.17) is 9.79 Å². The van der Waals surface area contributed by atoms with E-state index in [9.17, 15) is 0 Å². The Morgan fingerprint density at radius 3 is 2.07 bits per heavy atom. The van der Waals surface area contributed by atoms with Gasteiger partial charge in [0.1, 0.15) is 0 Å². The Hall–Kier alpha value is -0.120. The zero-order valence-corrected chi connectivity index (χ0v) is 10.8. The lowest BCUT2D eigenvalue weighted by Gasteiger charge is -2.30. The molecule has 1 atom stereocenters. The molecule has 0 heterocycles. The lowest BCUT2D eigenvalue weighted by Crippen LogP contribution is -2.21. The smallest absolute Gasteiger partial charge is 0.0646 e. The van der Waals surface area contributed by atoms with Crippen LogP contribution in [0.5, 0.6) is 0 Å². The van der Waals surface area contributed by atoms with Gasteiger partial charge in [0.25, 0.3) is 0 Å². The van der Waals surface area contributed by atoms with Crippen molar-refractivity contribution in [3.8, 4) is 6.07 Å². The predicted molar refractivity (Wildman–Crippen MR) is 62.5 cm³/mol. The molecule has 0 rings (SSSR count). The maximum absolute atomic E-state index is 8.41. The molecule has 0 aliphatic carbocycles. The molecule has 0 aromatic carbocycles. The maximum Gasteiger partial charge on any atom is 0.0646 e. The summed E-state index contributed by atoms with van der Waals surface area (Å²) in [7, 11) is -0.386. The summed E-state index contributed by atoms with van der Waals surface area (Å²) in [6, 6.07) is 2.11. The van der Waals surface area contributed by atoms with Crippen LogP contribution < -0.4 is 0 Å². The molecule has 82 valence electrons. The predicted octanol–water partition coefficient (Wildman–Crippen LogP) is 3.62. The average Bonchev–Trinajstić information content (AvgIpc) is 2.03. The Balaban J connectivity index is 4.03. The molecule has 0 N–H and O–H groups in total. The van der Waals surface area contributed by atoms with Gasteiger partial charge in [0.15, 0.2) is 0 Å². The maximum atomic E-state index is 8.41. The lowest BCUT2D eigenvalue weighted by atomic mass is 10.00.